The van der Waals surface area contributed by atoms with E-state index in [9.17, 15) is 9.59 Å². The number of fused-ring (bicyclic) bond motifs is 1. The molecule has 2 amide bonds. The molecule has 4 rings (SSSR count). The first-order chi connectivity index (χ1) is 19.4. The van der Waals surface area contributed by atoms with Crippen LogP contribution in [-0.2, 0) is 11.2 Å². The number of thiophene rings is 1. The Morgan fingerprint density at radius 3 is 2.52 bits per heavy atom. The fraction of sp³-hybridized carbons (Fsp3) is 0.594. The second-order valence-electron chi connectivity index (χ2n) is 11.5. The maximum Gasteiger partial charge on any atom is 0.252 e. The Labute approximate surface area is 243 Å². The lowest BCUT2D eigenvalue weighted by Crippen LogP contribution is -2.47. The van der Waals surface area contributed by atoms with Crippen molar-refractivity contribution < 1.29 is 9.59 Å². The van der Waals surface area contributed by atoms with Crippen molar-refractivity contribution in [2.24, 2.45) is 5.92 Å². The van der Waals surface area contributed by atoms with Crippen LogP contribution in [0.4, 0.5) is 0 Å². The van der Waals surface area contributed by atoms with E-state index in [0.717, 1.165) is 55.5 Å². The molecule has 0 saturated carbocycles. The lowest BCUT2D eigenvalue weighted by Gasteiger charge is -2.21. The number of hydrogen-bond donors (Lipinski definition) is 2. The number of likely N-dealkylation sites (tertiary alicyclic amines) is 1. The summed E-state index contributed by atoms with van der Waals surface area (Å²) in [6, 6.07) is 9.79. The first kappa shape index (κ1) is 30.3. The quantitative estimate of drug-likeness (QED) is 0.216. The molecule has 1 atom stereocenters. The predicted octanol–water partition coefficient (Wildman–Crippen LogP) is 6.19. The monoisotopic (exact) mass is 565 g/mol. The van der Waals surface area contributed by atoms with Gasteiger partial charge in [-0.3, -0.25) is 9.59 Å². The maximum atomic E-state index is 13.4. The van der Waals surface area contributed by atoms with Gasteiger partial charge in [-0.25, -0.2) is 4.98 Å². The zero-order chi connectivity index (χ0) is 28.5. The van der Waals surface area contributed by atoms with Crippen LogP contribution < -0.4 is 10.6 Å². The Kier molecular flexibility index (Phi) is 11.2. The van der Waals surface area contributed by atoms with Crippen molar-refractivity contribution in [3.63, 3.8) is 0 Å². The molecule has 7 nitrogen and oxygen atoms in total. The molecule has 1 unspecified atom stereocenters. The smallest absolute Gasteiger partial charge is 0.252 e. The van der Waals surface area contributed by atoms with Crippen LogP contribution in [-0.4, -0.2) is 58.5 Å². The van der Waals surface area contributed by atoms with Crippen LogP contribution in [0.5, 0.6) is 0 Å². The van der Waals surface area contributed by atoms with Gasteiger partial charge in [-0.05, 0) is 100 Å². The topological polar surface area (TPSA) is 79.3 Å². The Bertz CT molecular complexity index is 1230. The maximum absolute atomic E-state index is 13.4. The molecule has 1 saturated heterocycles. The number of hydrogen-bond acceptors (Lipinski definition) is 5. The highest BCUT2D eigenvalue weighted by Gasteiger charge is 2.24. The van der Waals surface area contributed by atoms with E-state index in [1.54, 1.807) is 11.3 Å². The number of amides is 2. The Morgan fingerprint density at radius 1 is 1.07 bits per heavy atom. The molecule has 0 radical (unpaired) electrons. The van der Waals surface area contributed by atoms with Crippen molar-refractivity contribution in [2.75, 3.05) is 26.2 Å². The van der Waals surface area contributed by atoms with Crippen molar-refractivity contribution >= 4 is 34.2 Å². The van der Waals surface area contributed by atoms with Crippen LogP contribution in [0, 0.1) is 5.92 Å². The highest BCUT2D eigenvalue weighted by molar-refractivity contribution is 7.09. The van der Waals surface area contributed by atoms with E-state index in [2.05, 4.69) is 65.3 Å². The zero-order valence-electron chi connectivity index (χ0n) is 24.7. The molecule has 1 aromatic carbocycles. The first-order valence-electron chi connectivity index (χ1n) is 15.2. The normalized spacial score (nSPS) is 14.8. The molecule has 0 bridgehead atoms. The SMILES string of the molecule is CCC(CC)n1c(Cc2cccs2)nc2cc(C(=O)NC(CC(C)C)C(=O)NCCCCN3CCCC3)ccc21. The number of nitrogens with zero attached hydrogens (tertiary/aromatic N) is 3. The minimum atomic E-state index is -0.557. The molecule has 218 valence electrons. The van der Waals surface area contributed by atoms with Crippen LogP contribution in [0.25, 0.3) is 11.0 Å². The molecule has 0 aliphatic carbocycles. The molecule has 2 N–H and O–H groups in total. The van der Waals surface area contributed by atoms with Crippen molar-refractivity contribution in [1.29, 1.82) is 0 Å². The highest BCUT2D eigenvalue weighted by atomic mass is 32.1. The van der Waals surface area contributed by atoms with Crippen molar-refractivity contribution in [3.05, 3.63) is 52.0 Å². The molecule has 40 heavy (non-hydrogen) atoms. The number of benzene rings is 1. The van der Waals surface area contributed by atoms with E-state index in [1.165, 1.54) is 30.8 Å². The predicted molar refractivity (Wildman–Crippen MR) is 165 cm³/mol. The average Bonchev–Trinajstić information content (AvgIpc) is 3.71. The summed E-state index contributed by atoms with van der Waals surface area (Å²) in [4.78, 5) is 35.2. The number of aromatic nitrogens is 2. The molecule has 2 aromatic heterocycles. The summed E-state index contributed by atoms with van der Waals surface area (Å²) in [6.45, 7) is 12.7. The molecule has 3 aromatic rings. The van der Waals surface area contributed by atoms with Gasteiger partial charge < -0.3 is 20.1 Å². The van der Waals surface area contributed by atoms with Crippen LogP contribution >= 0.6 is 11.3 Å². The molecule has 3 heterocycles. The molecule has 1 aliphatic rings. The fourth-order valence-corrected chi connectivity index (χ4v) is 6.49. The standard InChI is InChI=1S/C32H47N5O2S/c1-5-25(6-2)37-29-14-13-24(21-27(29)34-30(37)22-26-12-11-19-40-26)31(38)35-28(20-23(3)4)32(39)33-15-7-8-16-36-17-9-10-18-36/h11-14,19,21,23,25,28H,5-10,15-18,20,22H2,1-4H3,(H,33,39)(H,35,38). The summed E-state index contributed by atoms with van der Waals surface area (Å²) in [5, 5.41) is 8.19. The van der Waals surface area contributed by atoms with Gasteiger partial charge in [-0.1, -0.05) is 33.8 Å². The highest BCUT2D eigenvalue weighted by Crippen LogP contribution is 2.28. The zero-order valence-corrected chi connectivity index (χ0v) is 25.6. The summed E-state index contributed by atoms with van der Waals surface area (Å²) in [5.41, 5.74) is 2.42. The Balaban J connectivity index is 1.44. The number of carbonyl (C=O) groups is 2. The van der Waals surface area contributed by atoms with E-state index >= 15 is 0 Å². The van der Waals surface area contributed by atoms with Gasteiger partial charge in [0.05, 0.1) is 11.0 Å². The minimum absolute atomic E-state index is 0.0967. The van der Waals surface area contributed by atoms with E-state index < -0.39 is 6.04 Å². The molecular weight excluding hydrogens is 518 g/mol. The largest absolute Gasteiger partial charge is 0.354 e. The van der Waals surface area contributed by atoms with Gasteiger partial charge in [-0.15, -0.1) is 11.3 Å². The van der Waals surface area contributed by atoms with Crippen molar-refractivity contribution in [1.82, 2.24) is 25.1 Å². The van der Waals surface area contributed by atoms with Crippen molar-refractivity contribution in [3.8, 4) is 0 Å². The summed E-state index contributed by atoms with van der Waals surface area (Å²) >= 11 is 1.74. The summed E-state index contributed by atoms with van der Waals surface area (Å²) < 4.78 is 2.36. The van der Waals surface area contributed by atoms with Crippen LogP contribution in [0.2, 0.25) is 0 Å². The van der Waals surface area contributed by atoms with Gasteiger partial charge >= 0.3 is 0 Å². The number of rotatable bonds is 15. The third-order valence-electron chi connectivity index (χ3n) is 7.97. The second-order valence-corrected chi connectivity index (χ2v) is 12.6. The molecule has 1 fully saturated rings. The van der Waals surface area contributed by atoms with Gasteiger partial charge in [0.15, 0.2) is 0 Å². The number of nitrogens with one attached hydrogen (secondary N) is 2. The van der Waals surface area contributed by atoms with E-state index in [4.69, 9.17) is 4.98 Å². The third kappa shape index (κ3) is 7.94. The molecule has 8 heteroatoms. The summed E-state index contributed by atoms with van der Waals surface area (Å²) in [5.74, 6) is 0.990. The lowest BCUT2D eigenvalue weighted by atomic mass is 10.0. The number of unbranched alkanes of at least 4 members (excludes halogenated alkanes) is 1. The van der Waals surface area contributed by atoms with Gasteiger partial charge in [0, 0.05) is 29.4 Å². The summed E-state index contributed by atoms with van der Waals surface area (Å²) in [6.07, 6.45) is 8.05. The van der Waals surface area contributed by atoms with Gasteiger partial charge in [0.2, 0.25) is 5.91 Å². The van der Waals surface area contributed by atoms with Crippen LogP contribution in [0.15, 0.2) is 35.7 Å². The van der Waals surface area contributed by atoms with E-state index in [1.807, 2.05) is 18.2 Å². The second kappa shape index (κ2) is 14.8. The molecular formula is C32H47N5O2S. The minimum Gasteiger partial charge on any atom is -0.354 e. The third-order valence-corrected chi connectivity index (χ3v) is 8.85. The van der Waals surface area contributed by atoms with Crippen molar-refractivity contribution in [2.45, 2.75) is 91.1 Å². The average molecular weight is 566 g/mol. The molecule has 1 aliphatic heterocycles. The number of imidazole rings is 1. The summed E-state index contributed by atoms with van der Waals surface area (Å²) in [7, 11) is 0. The number of carbonyl (C=O) groups excluding carboxylic acids is 2. The lowest BCUT2D eigenvalue weighted by molar-refractivity contribution is -0.123. The van der Waals surface area contributed by atoms with Gasteiger partial charge in [0.25, 0.3) is 5.91 Å². The van der Waals surface area contributed by atoms with Gasteiger partial charge in [0.1, 0.15) is 11.9 Å². The van der Waals surface area contributed by atoms with Crippen LogP contribution in [0.1, 0.15) is 99.7 Å². The van der Waals surface area contributed by atoms with E-state index in [-0.39, 0.29) is 17.7 Å². The van der Waals surface area contributed by atoms with Crippen LogP contribution in [0.3, 0.4) is 0 Å². The van der Waals surface area contributed by atoms with Gasteiger partial charge in [-0.2, -0.15) is 0 Å². The van der Waals surface area contributed by atoms with E-state index in [0.29, 0.717) is 24.6 Å². The first-order valence-corrected chi connectivity index (χ1v) is 16.1. The fourth-order valence-electron chi connectivity index (χ4n) is 5.79. The Morgan fingerprint density at radius 2 is 1.85 bits per heavy atom. The Hall–Kier alpha value is -2.71. The molecule has 0 spiro atoms.